The molecule has 100 valence electrons. The highest BCUT2D eigenvalue weighted by molar-refractivity contribution is 7.89. The number of carboxylic acid groups (broad SMARTS) is 1. The minimum atomic E-state index is -3.95. The molecule has 3 N–H and O–H groups in total. The van der Waals surface area contributed by atoms with Crippen LogP contribution in [0.3, 0.4) is 0 Å². The van der Waals surface area contributed by atoms with Crippen molar-refractivity contribution >= 4 is 16.0 Å². The molecule has 0 saturated heterocycles. The van der Waals surface area contributed by atoms with Crippen LogP contribution in [0.2, 0.25) is 0 Å². The van der Waals surface area contributed by atoms with E-state index in [-0.39, 0.29) is 4.90 Å². The molecular weight excluding hydrogens is 258 g/mol. The lowest BCUT2D eigenvalue weighted by molar-refractivity contribution is -0.139. The third-order valence-corrected chi connectivity index (χ3v) is 4.04. The van der Waals surface area contributed by atoms with E-state index in [1.807, 2.05) is 11.6 Å². The van der Waals surface area contributed by atoms with E-state index in [0.29, 0.717) is 0 Å². The fraction of sp³-hybridized carbons (Fsp3) is 0.364. The average molecular weight is 273 g/mol. The van der Waals surface area contributed by atoms with Gasteiger partial charge < -0.3 is 10.2 Å². The molecule has 0 aromatic heterocycles. The first-order chi connectivity index (χ1) is 8.27. The molecule has 0 fully saturated rings. The number of rotatable bonds is 5. The van der Waals surface area contributed by atoms with Crippen molar-refractivity contribution < 1.29 is 23.4 Å². The summed E-state index contributed by atoms with van der Waals surface area (Å²) in [4.78, 5) is 10.7. The van der Waals surface area contributed by atoms with Gasteiger partial charge in [0.25, 0.3) is 0 Å². The van der Waals surface area contributed by atoms with Gasteiger partial charge in [0.1, 0.15) is 6.04 Å². The van der Waals surface area contributed by atoms with E-state index in [1.165, 1.54) is 12.1 Å². The van der Waals surface area contributed by atoms with E-state index in [0.717, 1.165) is 11.1 Å². The summed E-state index contributed by atoms with van der Waals surface area (Å²) in [5, 5.41) is 17.5. The van der Waals surface area contributed by atoms with Crippen LogP contribution in [0.25, 0.3) is 0 Å². The SMILES string of the molecule is Cc1ccc(S(=O)(=O)N[C@H](CO)C(=O)O)cc1C. The molecule has 18 heavy (non-hydrogen) atoms. The lowest BCUT2D eigenvalue weighted by atomic mass is 10.1. The molecule has 0 aliphatic rings. The maximum Gasteiger partial charge on any atom is 0.324 e. The standard InChI is InChI=1S/C11H15NO5S/c1-7-3-4-9(5-8(7)2)18(16,17)12-10(6-13)11(14)15/h3-5,10,12-13H,6H2,1-2H3,(H,14,15)/t10-/m1/s1. The highest BCUT2D eigenvalue weighted by Crippen LogP contribution is 2.14. The summed E-state index contributed by atoms with van der Waals surface area (Å²) < 4.78 is 25.7. The Balaban J connectivity index is 3.06. The molecule has 7 heteroatoms. The Morgan fingerprint density at radius 2 is 1.94 bits per heavy atom. The molecule has 0 aliphatic carbocycles. The van der Waals surface area contributed by atoms with Gasteiger partial charge in [0.15, 0.2) is 0 Å². The number of sulfonamides is 1. The zero-order valence-electron chi connectivity index (χ0n) is 10.0. The monoisotopic (exact) mass is 273 g/mol. The molecule has 0 heterocycles. The number of aliphatic hydroxyl groups excluding tert-OH is 1. The zero-order chi connectivity index (χ0) is 13.9. The van der Waals surface area contributed by atoms with Crippen LogP contribution in [-0.4, -0.2) is 37.2 Å². The molecule has 0 aliphatic heterocycles. The van der Waals surface area contributed by atoms with Crippen LogP contribution in [0, 0.1) is 13.8 Å². The number of carboxylic acids is 1. The van der Waals surface area contributed by atoms with E-state index in [2.05, 4.69) is 0 Å². The van der Waals surface area contributed by atoms with E-state index in [4.69, 9.17) is 10.2 Å². The second kappa shape index (κ2) is 5.47. The Labute approximate surface area is 105 Å². The Kier molecular flexibility index (Phi) is 4.44. The Bertz CT molecular complexity index is 553. The van der Waals surface area contributed by atoms with Crippen molar-refractivity contribution in [1.29, 1.82) is 0 Å². The summed E-state index contributed by atoms with van der Waals surface area (Å²) in [5.74, 6) is -1.43. The number of benzene rings is 1. The third-order valence-electron chi connectivity index (χ3n) is 2.57. The van der Waals surface area contributed by atoms with Gasteiger partial charge in [-0.1, -0.05) is 6.07 Å². The van der Waals surface area contributed by atoms with E-state index in [9.17, 15) is 13.2 Å². The summed E-state index contributed by atoms with van der Waals surface area (Å²) in [5.41, 5.74) is 1.72. The predicted molar refractivity (Wildman–Crippen MR) is 64.7 cm³/mol. The molecule has 0 bridgehead atoms. The lowest BCUT2D eigenvalue weighted by Gasteiger charge is -2.13. The number of hydrogen-bond acceptors (Lipinski definition) is 4. The van der Waals surface area contributed by atoms with Crippen LogP contribution in [0.15, 0.2) is 23.1 Å². The van der Waals surface area contributed by atoms with Gasteiger partial charge in [0, 0.05) is 0 Å². The second-order valence-electron chi connectivity index (χ2n) is 3.94. The second-order valence-corrected chi connectivity index (χ2v) is 5.65. The summed E-state index contributed by atoms with van der Waals surface area (Å²) in [6, 6.07) is 2.93. The molecule has 0 radical (unpaired) electrons. The van der Waals surface area contributed by atoms with Crippen LogP contribution in [0.1, 0.15) is 11.1 Å². The quantitative estimate of drug-likeness (QED) is 0.702. The predicted octanol–water partition coefficient (Wildman–Crippen LogP) is 0.0272. The van der Waals surface area contributed by atoms with E-state index < -0.39 is 28.6 Å². The Morgan fingerprint density at radius 3 is 2.39 bits per heavy atom. The fourth-order valence-corrected chi connectivity index (χ4v) is 2.57. The van der Waals surface area contributed by atoms with Gasteiger partial charge in [-0.15, -0.1) is 0 Å². The normalized spacial score (nSPS) is 13.3. The number of aryl methyl sites for hydroxylation is 2. The van der Waals surface area contributed by atoms with Crippen molar-refractivity contribution in [2.75, 3.05) is 6.61 Å². The van der Waals surface area contributed by atoms with Gasteiger partial charge >= 0.3 is 5.97 Å². The summed E-state index contributed by atoms with van der Waals surface area (Å²) in [6.45, 7) is 2.79. The lowest BCUT2D eigenvalue weighted by Crippen LogP contribution is -2.43. The maximum atomic E-state index is 11.9. The number of nitrogens with one attached hydrogen (secondary N) is 1. The Morgan fingerprint density at radius 1 is 1.33 bits per heavy atom. The van der Waals surface area contributed by atoms with Crippen LogP contribution >= 0.6 is 0 Å². The maximum absolute atomic E-state index is 11.9. The summed E-state index contributed by atoms with van der Waals surface area (Å²) >= 11 is 0. The van der Waals surface area contributed by atoms with Crippen LogP contribution in [-0.2, 0) is 14.8 Å². The molecule has 0 amide bonds. The molecule has 0 saturated carbocycles. The highest BCUT2D eigenvalue weighted by Gasteiger charge is 2.24. The molecular formula is C11H15NO5S. The number of hydrogen-bond donors (Lipinski definition) is 3. The largest absolute Gasteiger partial charge is 0.480 e. The molecule has 1 rings (SSSR count). The first kappa shape index (κ1) is 14.6. The van der Waals surface area contributed by atoms with Gasteiger partial charge in [0.05, 0.1) is 11.5 Å². The van der Waals surface area contributed by atoms with Gasteiger partial charge in [0.2, 0.25) is 10.0 Å². The average Bonchev–Trinajstić information content (AvgIpc) is 2.29. The first-order valence-electron chi connectivity index (χ1n) is 5.21. The topological polar surface area (TPSA) is 104 Å². The fourth-order valence-electron chi connectivity index (χ4n) is 1.30. The highest BCUT2D eigenvalue weighted by atomic mass is 32.2. The molecule has 1 aromatic carbocycles. The zero-order valence-corrected chi connectivity index (χ0v) is 10.9. The number of carbonyl (C=O) groups is 1. The summed E-state index contributed by atoms with van der Waals surface area (Å²) in [7, 11) is -3.95. The van der Waals surface area contributed by atoms with Crippen molar-refractivity contribution in [3.63, 3.8) is 0 Å². The smallest absolute Gasteiger partial charge is 0.324 e. The summed E-state index contributed by atoms with van der Waals surface area (Å²) in [6.07, 6.45) is 0. The van der Waals surface area contributed by atoms with Gasteiger partial charge in [-0.05, 0) is 37.1 Å². The van der Waals surface area contributed by atoms with Crippen molar-refractivity contribution in [3.8, 4) is 0 Å². The molecule has 0 unspecified atom stereocenters. The van der Waals surface area contributed by atoms with E-state index in [1.54, 1.807) is 13.0 Å². The van der Waals surface area contributed by atoms with Gasteiger partial charge in [-0.3, -0.25) is 4.79 Å². The van der Waals surface area contributed by atoms with Crippen molar-refractivity contribution in [1.82, 2.24) is 4.72 Å². The van der Waals surface area contributed by atoms with E-state index >= 15 is 0 Å². The minimum absolute atomic E-state index is 0.0229. The van der Waals surface area contributed by atoms with Crippen molar-refractivity contribution in [3.05, 3.63) is 29.3 Å². The van der Waals surface area contributed by atoms with Crippen molar-refractivity contribution in [2.24, 2.45) is 0 Å². The van der Waals surface area contributed by atoms with Crippen LogP contribution < -0.4 is 4.72 Å². The number of aliphatic carboxylic acids is 1. The van der Waals surface area contributed by atoms with Crippen molar-refractivity contribution in [2.45, 2.75) is 24.8 Å². The molecule has 1 aromatic rings. The Hall–Kier alpha value is -1.44. The minimum Gasteiger partial charge on any atom is -0.480 e. The van der Waals surface area contributed by atoms with Gasteiger partial charge in [-0.2, -0.15) is 4.72 Å². The molecule has 0 spiro atoms. The third kappa shape index (κ3) is 3.28. The van der Waals surface area contributed by atoms with Crippen LogP contribution in [0.4, 0.5) is 0 Å². The first-order valence-corrected chi connectivity index (χ1v) is 6.69. The number of aliphatic hydroxyl groups is 1. The molecule has 6 nitrogen and oxygen atoms in total. The van der Waals surface area contributed by atoms with Gasteiger partial charge in [-0.25, -0.2) is 8.42 Å². The van der Waals surface area contributed by atoms with Crippen LogP contribution in [0.5, 0.6) is 0 Å². The molecule has 1 atom stereocenters.